The molecule has 0 aliphatic carbocycles. The molecule has 0 spiro atoms. The van der Waals surface area contributed by atoms with Crippen molar-refractivity contribution in [2.45, 2.75) is 13.3 Å². The first-order valence-corrected chi connectivity index (χ1v) is 6.45. The number of ketones is 1. The molecule has 0 aliphatic rings. The van der Waals surface area contributed by atoms with Gasteiger partial charge < -0.3 is 10.4 Å². The number of nitrogens with zero attached hydrogens (tertiary/aromatic N) is 1. The van der Waals surface area contributed by atoms with Gasteiger partial charge in [-0.05, 0) is 19.1 Å². The molecule has 1 aromatic carbocycles. The van der Waals surface area contributed by atoms with Gasteiger partial charge >= 0.3 is 0 Å². The molecule has 0 atom stereocenters. The van der Waals surface area contributed by atoms with E-state index in [1.165, 1.54) is 6.92 Å². The number of carbonyl (C=O) groups excluding carboxylic acids is 2. The van der Waals surface area contributed by atoms with E-state index >= 15 is 0 Å². The van der Waals surface area contributed by atoms with Gasteiger partial charge in [0.25, 0.3) is 6.43 Å². The highest BCUT2D eigenvalue weighted by molar-refractivity contribution is 6.04. The fourth-order valence-electron chi connectivity index (χ4n) is 1.86. The molecule has 0 bridgehead atoms. The third-order valence-corrected chi connectivity index (χ3v) is 2.76. The van der Waals surface area contributed by atoms with Crippen LogP contribution in [0.5, 0.6) is 0 Å². The SMILES string of the molecule is CC(=O)c1ccccc1NC(=O)CN(CCO)CC(F)F. The summed E-state index contributed by atoms with van der Waals surface area (Å²) < 4.78 is 24.7. The number of carbonyl (C=O) groups is 2. The third-order valence-electron chi connectivity index (χ3n) is 2.76. The van der Waals surface area contributed by atoms with E-state index in [9.17, 15) is 18.4 Å². The Labute approximate surface area is 121 Å². The van der Waals surface area contributed by atoms with Gasteiger partial charge in [0, 0.05) is 12.1 Å². The summed E-state index contributed by atoms with van der Waals surface area (Å²) in [5.41, 5.74) is 0.699. The van der Waals surface area contributed by atoms with E-state index in [1.54, 1.807) is 24.3 Å². The molecule has 0 saturated heterocycles. The molecule has 0 aromatic heterocycles. The molecule has 0 saturated carbocycles. The highest BCUT2D eigenvalue weighted by Gasteiger charge is 2.16. The van der Waals surface area contributed by atoms with Crippen molar-refractivity contribution in [2.24, 2.45) is 0 Å². The molecular formula is C14H18F2N2O3. The summed E-state index contributed by atoms with van der Waals surface area (Å²) in [5.74, 6) is -0.719. The molecule has 1 aromatic rings. The van der Waals surface area contributed by atoms with Crippen LogP contribution in [0.3, 0.4) is 0 Å². The summed E-state index contributed by atoms with van der Waals surface area (Å²) in [5, 5.41) is 11.3. The quantitative estimate of drug-likeness (QED) is 0.712. The molecule has 0 aliphatic heterocycles. The van der Waals surface area contributed by atoms with Crippen molar-refractivity contribution in [3.8, 4) is 0 Å². The number of hydrogen-bond acceptors (Lipinski definition) is 4. The van der Waals surface area contributed by atoms with Crippen molar-refractivity contribution in [2.75, 3.05) is 31.6 Å². The molecule has 0 radical (unpaired) electrons. The van der Waals surface area contributed by atoms with Crippen molar-refractivity contribution >= 4 is 17.4 Å². The van der Waals surface area contributed by atoms with Crippen LogP contribution in [-0.2, 0) is 4.79 Å². The Kier molecular flexibility index (Phi) is 6.90. The first kappa shape index (κ1) is 17.2. The number of nitrogens with one attached hydrogen (secondary N) is 1. The summed E-state index contributed by atoms with van der Waals surface area (Å²) in [4.78, 5) is 24.4. The largest absolute Gasteiger partial charge is 0.395 e. The van der Waals surface area contributed by atoms with Gasteiger partial charge in [0.05, 0.1) is 25.4 Å². The molecule has 7 heteroatoms. The van der Waals surface area contributed by atoms with Crippen molar-refractivity contribution < 1.29 is 23.5 Å². The van der Waals surface area contributed by atoms with Crippen LogP contribution in [-0.4, -0.2) is 54.4 Å². The molecule has 2 N–H and O–H groups in total. The lowest BCUT2D eigenvalue weighted by Gasteiger charge is -2.20. The maximum atomic E-state index is 12.4. The summed E-state index contributed by atoms with van der Waals surface area (Å²) in [6, 6.07) is 6.47. The van der Waals surface area contributed by atoms with Crippen LogP contribution in [0.25, 0.3) is 0 Å². The minimum Gasteiger partial charge on any atom is -0.395 e. The van der Waals surface area contributed by atoms with Crippen LogP contribution in [0, 0.1) is 0 Å². The number of halogens is 2. The number of aliphatic hydroxyl groups excluding tert-OH is 1. The minimum absolute atomic E-state index is 0.0217. The van der Waals surface area contributed by atoms with Crippen LogP contribution >= 0.6 is 0 Å². The van der Waals surface area contributed by atoms with Gasteiger partial charge in [-0.3, -0.25) is 14.5 Å². The van der Waals surface area contributed by atoms with E-state index in [4.69, 9.17) is 5.11 Å². The predicted octanol–water partition coefficient (Wildman–Crippen LogP) is 1.39. The zero-order valence-corrected chi connectivity index (χ0v) is 11.7. The molecule has 0 unspecified atom stereocenters. The third kappa shape index (κ3) is 5.97. The predicted molar refractivity (Wildman–Crippen MR) is 74.6 cm³/mol. The zero-order valence-electron chi connectivity index (χ0n) is 11.7. The molecule has 1 amide bonds. The minimum atomic E-state index is -2.59. The van der Waals surface area contributed by atoms with Crippen molar-refractivity contribution in [3.05, 3.63) is 29.8 Å². The second-order valence-electron chi connectivity index (χ2n) is 4.50. The Morgan fingerprint density at radius 3 is 2.57 bits per heavy atom. The highest BCUT2D eigenvalue weighted by atomic mass is 19.3. The number of rotatable bonds is 8. The van der Waals surface area contributed by atoms with Crippen LogP contribution < -0.4 is 5.32 Å². The molecule has 116 valence electrons. The number of alkyl halides is 2. The molecule has 21 heavy (non-hydrogen) atoms. The number of anilines is 1. The zero-order chi connectivity index (χ0) is 15.8. The molecule has 0 heterocycles. The van der Waals surface area contributed by atoms with Gasteiger partial charge in [-0.25, -0.2) is 8.78 Å². The lowest BCUT2D eigenvalue weighted by atomic mass is 10.1. The summed E-state index contributed by atoms with van der Waals surface area (Å²) in [6.07, 6.45) is -2.59. The van der Waals surface area contributed by atoms with Crippen LogP contribution in [0.15, 0.2) is 24.3 Å². The van der Waals surface area contributed by atoms with E-state index in [0.717, 1.165) is 4.90 Å². The number of amides is 1. The normalized spacial score (nSPS) is 11.0. The Balaban J connectivity index is 2.70. The molecule has 5 nitrogen and oxygen atoms in total. The Morgan fingerprint density at radius 1 is 1.33 bits per heavy atom. The fraction of sp³-hybridized carbons (Fsp3) is 0.429. The van der Waals surface area contributed by atoms with Gasteiger partial charge in [-0.15, -0.1) is 0 Å². The summed E-state index contributed by atoms with van der Waals surface area (Å²) >= 11 is 0. The number of benzene rings is 1. The van der Waals surface area contributed by atoms with E-state index < -0.39 is 18.9 Å². The smallest absolute Gasteiger partial charge is 0.251 e. The van der Waals surface area contributed by atoms with Crippen molar-refractivity contribution in [3.63, 3.8) is 0 Å². The van der Waals surface area contributed by atoms with Crippen molar-refractivity contribution in [1.82, 2.24) is 4.90 Å². The van der Waals surface area contributed by atoms with Gasteiger partial charge in [0.1, 0.15) is 0 Å². The monoisotopic (exact) mass is 300 g/mol. The standard InChI is InChI=1S/C14H18F2N2O3/c1-10(20)11-4-2-3-5-12(11)17-14(21)9-18(6-7-19)8-13(15)16/h2-5,13,19H,6-9H2,1H3,(H,17,21). The van der Waals surface area contributed by atoms with Gasteiger partial charge in [-0.2, -0.15) is 0 Å². The van der Waals surface area contributed by atoms with Gasteiger partial charge in [0.15, 0.2) is 5.78 Å². The summed E-state index contributed by atoms with van der Waals surface area (Å²) in [6.45, 7) is 0.162. The van der Waals surface area contributed by atoms with E-state index in [-0.39, 0.29) is 25.5 Å². The second-order valence-corrected chi connectivity index (χ2v) is 4.50. The van der Waals surface area contributed by atoms with E-state index in [1.807, 2.05) is 0 Å². The van der Waals surface area contributed by atoms with E-state index in [2.05, 4.69) is 5.32 Å². The Hall–Kier alpha value is -1.86. The van der Waals surface area contributed by atoms with Gasteiger partial charge in [0.2, 0.25) is 5.91 Å². The maximum absolute atomic E-state index is 12.4. The maximum Gasteiger partial charge on any atom is 0.251 e. The number of Topliss-reactive ketones (excluding diaryl/α,β-unsaturated/α-hetero) is 1. The molecular weight excluding hydrogens is 282 g/mol. The highest BCUT2D eigenvalue weighted by Crippen LogP contribution is 2.15. The number of para-hydroxylation sites is 1. The Morgan fingerprint density at radius 2 is 2.00 bits per heavy atom. The van der Waals surface area contributed by atoms with Crippen LogP contribution in [0.2, 0.25) is 0 Å². The first-order valence-electron chi connectivity index (χ1n) is 6.45. The number of hydrogen-bond donors (Lipinski definition) is 2. The Bertz CT molecular complexity index is 495. The fourth-order valence-corrected chi connectivity index (χ4v) is 1.86. The van der Waals surface area contributed by atoms with Crippen LogP contribution in [0.4, 0.5) is 14.5 Å². The van der Waals surface area contributed by atoms with E-state index in [0.29, 0.717) is 11.3 Å². The molecule has 1 rings (SSSR count). The summed E-state index contributed by atoms with van der Waals surface area (Å²) in [7, 11) is 0. The lowest BCUT2D eigenvalue weighted by molar-refractivity contribution is -0.117. The molecule has 0 fully saturated rings. The van der Waals surface area contributed by atoms with Gasteiger partial charge in [-0.1, -0.05) is 12.1 Å². The lowest BCUT2D eigenvalue weighted by Crippen LogP contribution is -2.38. The topological polar surface area (TPSA) is 69.6 Å². The first-order chi connectivity index (χ1) is 9.93. The second kappa shape index (κ2) is 8.43. The van der Waals surface area contributed by atoms with Crippen LogP contribution in [0.1, 0.15) is 17.3 Å². The average molecular weight is 300 g/mol. The number of aliphatic hydroxyl groups is 1. The average Bonchev–Trinajstić information content (AvgIpc) is 2.38. The van der Waals surface area contributed by atoms with Crippen molar-refractivity contribution in [1.29, 1.82) is 0 Å².